The van der Waals surface area contributed by atoms with Crippen LogP contribution < -0.4 is 0 Å². The van der Waals surface area contributed by atoms with E-state index in [1.54, 1.807) is 38.3 Å². The van der Waals surface area contributed by atoms with Gasteiger partial charge in [0.2, 0.25) is 0 Å². The summed E-state index contributed by atoms with van der Waals surface area (Å²) in [6, 6.07) is 5.72. The van der Waals surface area contributed by atoms with Crippen molar-refractivity contribution < 1.29 is 18.8 Å². The van der Waals surface area contributed by atoms with Crippen molar-refractivity contribution in [3.63, 3.8) is 0 Å². The van der Waals surface area contributed by atoms with E-state index in [4.69, 9.17) is 25.6 Å². The number of rotatable bonds is 3. The van der Waals surface area contributed by atoms with Gasteiger partial charge in [-0.2, -0.15) is 0 Å². The lowest BCUT2D eigenvalue weighted by atomic mass is 9.81. The molecule has 2 aromatic heterocycles. The highest BCUT2D eigenvalue weighted by Gasteiger charge is 2.33. The normalized spacial score (nSPS) is 20.8. The number of benzene rings is 1. The van der Waals surface area contributed by atoms with E-state index in [2.05, 4.69) is 19.7 Å². The van der Waals surface area contributed by atoms with Crippen molar-refractivity contribution in [2.45, 2.75) is 77.0 Å². The third-order valence-corrected chi connectivity index (χ3v) is 6.42. The van der Waals surface area contributed by atoms with Crippen LogP contribution in [0.4, 0.5) is 4.79 Å². The van der Waals surface area contributed by atoms with E-state index in [9.17, 15) is 4.79 Å². The number of hydroxylamine groups is 2. The molecule has 1 fully saturated rings. The predicted octanol–water partition coefficient (Wildman–Crippen LogP) is 5.53. The molecular formula is C24H28ClN5O4. The molecule has 1 saturated carbocycles. The monoisotopic (exact) mass is 485 g/mol. The van der Waals surface area contributed by atoms with Gasteiger partial charge in [0.25, 0.3) is 0 Å². The molecule has 0 bridgehead atoms. The maximum Gasteiger partial charge on any atom is 0.528 e. The first-order chi connectivity index (χ1) is 16.3. The van der Waals surface area contributed by atoms with E-state index in [1.165, 1.54) is 0 Å². The Morgan fingerprint density at radius 2 is 1.88 bits per heavy atom. The minimum Gasteiger partial charge on any atom is -0.449 e. The van der Waals surface area contributed by atoms with Gasteiger partial charge in [0.15, 0.2) is 11.7 Å². The molecule has 0 spiro atoms. The maximum atomic E-state index is 12.3. The van der Waals surface area contributed by atoms with Crippen LogP contribution in [0.2, 0.25) is 5.02 Å². The Bertz CT molecular complexity index is 1160. The van der Waals surface area contributed by atoms with Crippen molar-refractivity contribution in [1.29, 1.82) is 0 Å². The van der Waals surface area contributed by atoms with Gasteiger partial charge in [0, 0.05) is 16.9 Å². The Kier molecular flexibility index (Phi) is 6.07. The quantitative estimate of drug-likeness (QED) is 0.446. The van der Waals surface area contributed by atoms with Crippen molar-refractivity contribution in [3.05, 3.63) is 58.8 Å². The molecule has 1 aliphatic carbocycles. The summed E-state index contributed by atoms with van der Waals surface area (Å²) in [7, 11) is 0. The number of carbonyl (C=O) groups is 1. The average Bonchev–Trinajstić information content (AvgIpc) is 3.41. The molecule has 0 saturated heterocycles. The SMILES string of the molecule is CC(C)(C)OC(=O)ON1Cc2cc(Cl)ccc2-n2c(nnc2C2CCC(c3ncco3)CC2)C1. The first-order valence-corrected chi connectivity index (χ1v) is 11.9. The average molecular weight is 486 g/mol. The van der Waals surface area contributed by atoms with Crippen molar-refractivity contribution in [2.24, 2.45) is 0 Å². The minimum absolute atomic E-state index is 0.259. The molecule has 1 aromatic carbocycles. The summed E-state index contributed by atoms with van der Waals surface area (Å²) in [5.41, 5.74) is 1.22. The third-order valence-electron chi connectivity index (χ3n) is 6.19. The summed E-state index contributed by atoms with van der Waals surface area (Å²) < 4.78 is 13.0. The molecule has 5 rings (SSSR count). The molecule has 3 aromatic rings. The number of carbonyl (C=O) groups excluding carboxylic acids is 1. The van der Waals surface area contributed by atoms with Crippen LogP contribution in [0.1, 0.15) is 81.4 Å². The lowest BCUT2D eigenvalue weighted by Crippen LogP contribution is -2.31. The van der Waals surface area contributed by atoms with Gasteiger partial charge in [-0.1, -0.05) is 11.6 Å². The van der Waals surface area contributed by atoms with Crippen molar-refractivity contribution >= 4 is 17.8 Å². The van der Waals surface area contributed by atoms with Gasteiger partial charge in [0.05, 0.1) is 25.0 Å². The standard InChI is InChI=1S/C24H28ClN5O4/c1-24(2,3)33-23(31)34-29-13-17-12-18(25)8-9-19(17)30-20(14-29)27-28-21(30)15-4-6-16(7-5-15)22-26-10-11-32-22/h8-12,15-16H,4-7,13-14H2,1-3H3. The van der Waals surface area contributed by atoms with Gasteiger partial charge in [-0.25, -0.2) is 9.78 Å². The number of aromatic nitrogens is 4. The smallest absolute Gasteiger partial charge is 0.449 e. The molecule has 0 atom stereocenters. The second-order valence-electron chi connectivity index (χ2n) is 9.86. The van der Waals surface area contributed by atoms with Gasteiger partial charge in [-0.15, -0.1) is 15.3 Å². The Hall–Kier alpha value is -2.91. The molecule has 3 heterocycles. The number of nitrogens with zero attached hydrogens (tertiary/aromatic N) is 5. The molecule has 10 heteroatoms. The van der Waals surface area contributed by atoms with Crippen molar-refractivity contribution in [2.75, 3.05) is 0 Å². The number of hydrogen-bond acceptors (Lipinski definition) is 8. The molecule has 0 N–H and O–H groups in total. The zero-order valence-corrected chi connectivity index (χ0v) is 20.3. The Morgan fingerprint density at radius 1 is 1.12 bits per heavy atom. The van der Waals surface area contributed by atoms with Crippen LogP contribution in [0.25, 0.3) is 5.69 Å². The highest BCUT2D eigenvalue weighted by molar-refractivity contribution is 6.30. The highest BCUT2D eigenvalue weighted by atomic mass is 35.5. The molecule has 1 aliphatic heterocycles. The fourth-order valence-corrected chi connectivity index (χ4v) is 4.93. The zero-order chi connectivity index (χ0) is 23.9. The summed E-state index contributed by atoms with van der Waals surface area (Å²) in [5.74, 6) is 3.03. The van der Waals surface area contributed by atoms with Crippen molar-refractivity contribution in [1.82, 2.24) is 24.8 Å². The topological polar surface area (TPSA) is 95.5 Å². The Balaban J connectivity index is 1.41. The molecule has 9 nitrogen and oxygen atoms in total. The van der Waals surface area contributed by atoms with Gasteiger partial charge in [-0.3, -0.25) is 4.57 Å². The van der Waals surface area contributed by atoms with Crippen LogP contribution in [-0.2, 0) is 22.7 Å². The number of hydrogen-bond donors (Lipinski definition) is 0. The molecule has 0 radical (unpaired) electrons. The maximum absolute atomic E-state index is 12.3. The number of oxazole rings is 1. The zero-order valence-electron chi connectivity index (χ0n) is 19.5. The molecule has 34 heavy (non-hydrogen) atoms. The molecule has 0 amide bonds. The highest BCUT2D eigenvalue weighted by Crippen LogP contribution is 2.41. The molecule has 180 valence electrons. The van der Waals surface area contributed by atoms with Crippen LogP contribution in [0.15, 0.2) is 35.1 Å². The fraction of sp³-hybridized carbons (Fsp3) is 0.500. The summed E-state index contributed by atoms with van der Waals surface area (Å²) in [6.45, 7) is 6.03. The van der Waals surface area contributed by atoms with E-state index < -0.39 is 11.8 Å². The van der Waals surface area contributed by atoms with E-state index in [-0.39, 0.29) is 12.5 Å². The second-order valence-corrected chi connectivity index (χ2v) is 10.3. The number of ether oxygens (including phenoxy) is 1. The van der Waals surface area contributed by atoms with Crippen LogP contribution in [0, 0.1) is 0 Å². The van der Waals surface area contributed by atoms with E-state index in [0.29, 0.717) is 23.3 Å². The predicted molar refractivity (Wildman–Crippen MR) is 123 cm³/mol. The molecular weight excluding hydrogens is 458 g/mol. The first-order valence-electron chi connectivity index (χ1n) is 11.5. The van der Waals surface area contributed by atoms with Crippen LogP contribution in [0.3, 0.4) is 0 Å². The fourth-order valence-electron chi connectivity index (χ4n) is 4.74. The number of fused-ring (bicyclic) bond motifs is 3. The summed E-state index contributed by atoms with van der Waals surface area (Å²) >= 11 is 6.32. The number of halogens is 1. The lowest BCUT2D eigenvalue weighted by molar-refractivity contribution is -0.155. The van der Waals surface area contributed by atoms with E-state index >= 15 is 0 Å². The summed E-state index contributed by atoms with van der Waals surface area (Å²) in [6.07, 6.45) is 6.47. The summed E-state index contributed by atoms with van der Waals surface area (Å²) in [4.78, 5) is 22.2. The molecule has 0 unspecified atom stereocenters. The minimum atomic E-state index is -0.755. The molecule has 2 aliphatic rings. The van der Waals surface area contributed by atoms with E-state index in [1.807, 2.05) is 18.2 Å². The van der Waals surface area contributed by atoms with E-state index in [0.717, 1.165) is 48.6 Å². The van der Waals surface area contributed by atoms with Gasteiger partial charge in [0.1, 0.15) is 17.7 Å². The Labute approximate surface area is 203 Å². The van der Waals surface area contributed by atoms with Gasteiger partial charge in [-0.05, 0) is 70.2 Å². The van der Waals surface area contributed by atoms with Gasteiger partial charge < -0.3 is 14.0 Å². The van der Waals surface area contributed by atoms with Crippen molar-refractivity contribution in [3.8, 4) is 5.69 Å². The Morgan fingerprint density at radius 3 is 2.59 bits per heavy atom. The van der Waals surface area contributed by atoms with Gasteiger partial charge >= 0.3 is 6.16 Å². The largest absolute Gasteiger partial charge is 0.528 e. The van der Waals surface area contributed by atoms with Crippen LogP contribution in [-0.4, -0.2) is 36.6 Å². The second kappa shape index (κ2) is 9.03. The lowest BCUT2D eigenvalue weighted by Gasteiger charge is -2.26. The third kappa shape index (κ3) is 4.81. The van der Waals surface area contributed by atoms with Crippen LogP contribution in [0.5, 0.6) is 0 Å². The summed E-state index contributed by atoms with van der Waals surface area (Å²) in [5, 5.41) is 11.2. The first kappa shape index (κ1) is 22.9. The van der Waals surface area contributed by atoms with Crippen LogP contribution >= 0.6 is 11.6 Å².